The third-order valence-corrected chi connectivity index (χ3v) is 6.18. The minimum Gasteiger partial charge on any atom is -0.399 e. The lowest BCUT2D eigenvalue weighted by atomic mass is 9.98. The van der Waals surface area contributed by atoms with Gasteiger partial charge < -0.3 is 5.73 Å². The Morgan fingerprint density at radius 3 is 2.26 bits per heavy atom. The number of anilines is 1. The first-order valence-corrected chi connectivity index (χ1v) is 11.7. The third-order valence-electron chi connectivity index (χ3n) is 6.18. The summed E-state index contributed by atoms with van der Waals surface area (Å²) in [5.74, 6) is 2.80. The van der Waals surface area contributed by atoms with Crippen LogP contribution in [0.1, 0.15) is 55.4 Å². The van der Waals surface area contributed by atoms with Gasteiger partial charge in [-0.1, -0.05) is 81.4 Å². The first-order chi connectivity index (χ1) is 17.0. The highest BCUT2D eigenvalue weighted by Gasteiger charge is 2.20. The second-order valence-electron chi connectivity index (χ2n) is 9.02. The zero-order chi connectivity index (χ0) is 24.4. The fraction of sp³-hybridized carbons (Fsp3) is 0.222. The summed E-state index contributed by atoms with van der Waals surface area (Å²) in [5, 5.41) is 19.2. The molecule has 0 spiro atoms. The average molecular weight is 465 g/mol. The topological polar surface area (TPSA) is 111 Å². The van der Waals surface area contributed by atoms with Crippen molar-refractivity contribution in [3.63, 3.8) is 0 Å². The van der Waals surface area contributed by atoms with Crippen molar-refractivity contribution in [1.29, 1.82) is 0 Å². The van der Waals surface area contributed by atoms with Crippen LogP contribution in [0.5, 0.6) is 0 Å². The van der Waals surface area contributed by atoms with Gasteiger partial charge in [-0.25, -0.2) is 14.8 Å². The highest BCUT2D eigenvalue weighted by atomic mass is 15.5. The van der Waals surface area contributed by atoms with Crippen LogP contribution in [0.25, 0.3) is 22.5 Å². The Kier molecular flexibility index (Phi) is 6.10. The highest BCUT2D eigenvalue weighted by molar-refractivity contribution is 5.80. The number of hydrogen-bond acceptors (Lipinski definition) is 6. The van der Waals surface area contributed by atoms with E-state index in [9.17, 15) is 0 Å². The number of nitrogens with zero attached hydrogens (tertiary/aromatic N) is 6. The van der Waals surface area contributed by atoms with E-state index in [-0.39, 0.29) is 11.8 Å². The fourth-order valence-corrected chi connectivity index (χ4v) is 4.16. The molecule has 176 valence electrons. The summed E-state index contributed by atoms with van der Waals surface area (Å²) in [6.07, 6.45) is 0. The number of hydrogen-bond donors (Lipinski definition) is 2. The number of nitrogen functional groups attached to an aromatic ring is 1. The van der Waals surface area contributed by atoms with Gasteiger partial charge in [0.25, 0.3) is 0 Å². The van der Waals surface area contributed by atoms with E-state index in [2.05, 4.69) is 83.9 Å². The third kappa shape index (κ3) is 4.68. The predicted octanol–water partition coefficient (Wildman–Crippen LogP) is 5.03. The maximum absolute atomic E-state index is 5.89. The van der Waals surface area contributed by atoms with Gasteiger partial charge >= 0.3 is 0 Å². The van der Waals surface area contributed by atoms with Crippen molar-refractivity contribution in [3.05, 3.63) is 95.6 Å². The first kappa shape index (κ1) is 22.5. The highest BCUT2D eigenvalue weighted by Crippen LogP contribution is 2.30. The molecule has 2 heterocycles. The number of H-pyrrole nitrogens is 1. The van der Waals surface area contributed by atoms with Gasteiger partial charge in [0, 0.05) is 23.1 Å². The van der Waals surface area contributed by atoms with E-state index in [1.54, 1.807) is 0 Å². The second-order valence-corrected chi connectivity index (χ2v) is 9.02. The lowest BCUT2D eigenvalue weighted by molar-refractivity contribution is 0.610. The fourth-order valence-electron chi connectivity index (χ4n) is 4.16. The number of benzene rings is 3. The molecule has 0 bridgehead atoms. The molecule has 1 atom stereocenters. The molecule has 2 aromatic heterocycles. The average Bonchev–Trinajstić information content (AvgIpc) is 3.55. The molecule has 3 N–H and O–H groups in total. The van der Waals surface area contributed by atoms with Gasteiger partial charge in [-0.2, -0.15) is 5.10 Å². The van der Waals surface area contributed by atoms with E-state index in [0.29, 0.717) is 12.4 Å². The number of tetrazole rings is 1. The van der Waals surface area contributed by atoms with Gasteiger partial charge in [-0.3, -0.25) is 0 Å². The van der Waals surface area contributed by atoms with Crippen LogP contribution >= 0.6 is 0 Å². The number of aromatic amines is 1. The monoisotopic (exact) mass is 464 g/mol. The molecule has 5 aromatic rings. The Bertz CT molecular complexity index is 1400. The Morgan fingerprint density at radius 1 is 0.886 bits per heavy atom. The number of rotatable bonds is 7. The number of nitrogens with two attached hydrogens (primary N) is 1. The van der Waals surface area contributed by atoms with E-state index >= 15 is 0 Å². The smallest absolute Gasteiger partial charge is 0.180 e. The van der Waals surface area contributed by atoms with Crippen LogP contribution in [0.3, 0.4) is 0 Å². The van der Waals surface area contributed by atoms with Crippen LogP contribution in [0.4, 0.5) is 5.69 Å². The molecule has 1 unspecified atom stereocenters. The van der Waals surface area contributed by atoms with Crippen molar-refractivity contribution in [2.75, 3.05) is 5.73 Å². The van der Waals surface area contributed by atoms with E-state index in [1.807, 2.05) is 35.0 Å². The lowest BCUT2D eigenvalue weighted by Crippen LogP contribution is -2.11. The maximum Gasteiger partial charge on any atom is 0.180 e. The Balaban J connectivity index is 1.44. The summed E-state index contributed by atoms with van der Waals surface area (Å²) in [6, 6.07) is 24.6. The molecule has 8 heteroatoms. The summed E-state index contributed by atoms with van der Waals surface area (Å²) < 4.78 is 2.03. The zero-order valence-electron chi connectivity index (χ0n) is 20.1. The van der Waals surface area contributed by atoms with Crippen LogP contribution in [-0.4, -0.2) is 35.4 Å². The molecule has 3 aromatic carbocycles. The molecule has 5 rings (SSSR count). The molecular formula is C27H28N8. The van der Waals surface area contributed by atoms with Crippen LogP contribution < -0.4 is 5.73 Å². The van der Waals surface area contributed by atoms with Gasteiger partial charge in [-0.05, 0) is 44.8 Å². The van der Waals surface area contributed by atoms with E-state index in [4.69, 9.17) is 15.8 Å². The normalized spacial score (nSPS) is 12.2. The van der Waals surface area contributed by atoms with E-state index in [1.165, 1.54) is 0 Å². The minimum absolute atomic E-state index is 0.0947. The predicted molar refractivity (Wildman–Crippen MR) is 137 cm³/mol. The van der Waals surface area contributed by atoms with Crippen molar-refractivity contribution in [2.24, 2.45) is 0 Å². The molecule has 0 amide bonds. The molecular weight excluding hydrogens is 436 g/mol. The molecule has 0 fully saturated rings. The second kappa shape index (κ2) is 9.50. The summed E-state index contributed by atoms with van der Waals surface area (Å²) >= 11 is 0. The zero-order valence-corrected chi connectivity index (χ0v) is 20.1. The van der Waals surface area contributed by atoms with Crippen LogP contribution in [0.15, 0.2) is 72.8 Å². The molecule has 0 aliphatic heterocycles. The quantitative estimate of drug-likeness (QED) is 0.327. The largest absolute Gasteiger partial charge is 0.399 e. The molecule has 0 saturated heterocycles. The van der Waals surface area contributed by atoms with Crippen LogP contribution in [0.2, 0.25) is 0 Å². The standard InChI is InChI=1S/C27H28N8/c1-17(2)25-29-27(18(3)20-12-14-22(28)15-13-20)35(32-25)16-19-8-10-21(11-9-19)23-6-4-5-7-24(23)26-30-33-34-31-26/h4-15,17-18H,16,28H2,1-3H3,(H,30,31,33,34). The molecule has 35 heavy (non-hydrogen) atoms. The van der Waals surface area contributed by atoms with Gasteiger partial charge in [0.15, 0.2) is 11.6 Å². The van der Waals surface area contributed by atoms with E-state index < -0.39 is 0 Å². The van der Waals surface area contributed by atoms with Crippen molar-refractivity contribution >= 4 is 5.69 Å². The number of aromatic nitrogens is 7. The van der Waals surface area contributed by atoms with Gasteiger partial charge in [0.2, 0.25) is 0 Å². The Morgan fingerprint density at radius 2 is 1.60 bits per heavy atom. The minimum atomic E-state index is 0.0947. The summed E-state index contributed by atoms with van der Waals surface area (Å²) in [5.41, 5.74) is 12.1. The summed E-state index contributed by atoms with van der Waals surface area (Å²) in [7, 11) is 0. The molecule has 0 aliphatic rings. The van der Waals surface area contributed by atoms with Gasteiger partial charge in [-0.15, -0.1) is 5.10 Å². The summed E-state index contributed by atoms with van der Waals surface area (Å²) in [6.45, 7) is 7.04. The lowest BCUT2D eigenvalue weighted by Gasteiger charge is -2.14. The van der Waals surface area contributed by atoms with Crippen molar-refractivity contribution in [2.45, 2.75) is 39.2 Å². The first-order valence-electron chi connectivity index (χ1n) is 11.7. The van der Waals surface area contributed by atoms with Gasteiger partial charge in [0.05, 0.1) is 6.54 Å². The van der Waals surface area contributed by atoms with Gasteiger partial charge in [0.1, 0.15) is 5.82 Å². The SMILES string of the molecule is CC(C)c1nc(C(C)c2ccc(N)cc2)n(Cc2ccc(-c3ccccc3-c3nnn[nH]3)cc2)n1. The van der Waals surface area contributed by atoms with Crippen LogP contribution in [-0.2, 0) is 6.54 Å². The van der Waals surface area contributed by atoms with E-state index in [0.717, 1.165) is 45.2 Å². The van der Waals surface area contributed by atoms with Crippen molar-refractivity contribution < 1.29 is 0 Å². The Labute approximate surface area is 204 Å². The molecule has 0 radical (unpaired) electrons. The number of nitrogens with one attached hydrogen (secondary N) is 1. The summed E-state index contributed by atoms with van der Waals surface area (Å²) in [4.78, 5) is 4.91. The molecule has 0 saturated carbocycles. The van der Waals surface area contributed by atoms with Crippen molar-refractivity contribution in [1.82, 2.24) is 35.4 Å². The Hall–Kier alpha value is -4.33. The molecule has 0 aliphatic carbocycles. The molecule has 8 nitrogen and oxygen atoms in total. The van der Waals surface area contributed by atoms with Crippen LogP contribution in [0, 0.1) is 0 Å². The van der Waals surface area contributed by atoms with Crippen molar-refractivity contribution in [3.8, 4) is 22.5 Å². The maximum atomic E-state index is 5.89.